The van der Waals surface area contributed by atoms with E-state index in [0.717, 1.165) is 50.2 Å². The number of anilines is 1. The number of piperidine rings is 1. The van der Waals surface area contributed by atoms with E-state index in [1.165, 1.54) is 18.3 Å². The second kappa shape index (κ2) is 9.30. The van der Waals surface area contributed by atoms with Gasteiger partial charge in [0.15, 0.2) is 0 Å². The summed E-state index contributed by atoms with van der Waals surface area (Å²) in [5.41, 5.74) is -0.865. The number of halogens is 5. The van der Waals surface area contributed by atoms with Crippen LogP contribution in [-0.2, 0) is 17.4 Å². The molecule has 1 unspecified atom stereocenters. The van der Waals surface area contributed by atoms with Gasteiger partial charge in [0.25, 0.3) is 0 Å². The van der Waals surface area contributed by atoms with Gasteiger partial charge in [-0.1, -0.05) is 18.2 Å². The number of nitrogens with one attached hydrogen (secondary N) is 2. The molecule has 174 valence electrons. The SMILES string of the molecule is O=C(Cc1cccc(C(F)(F)F)c1)Nc1cc(F)c(-c2cnn(C3CCCNC3)c2)c(F)c1. The quantitative estimate of drug-likeness (QED) is 0.526. The molecule has 1 amide bonds. The van der Waals surface area contributed by atoms with E-state index in [1.54, 1.807) is 10.9 Å². The molecule has 0 saturated carbocycles. The summed E-state index contributed by atoms with van der Waals surface area (Å²) in [4.78, 5) is 12.2. The summed E-state index contributed by atoms with van der Waals surface area (Å²) in [6, 6.07) is 6.39. The molecule has 1 aliphatic heterocycles. The molecule has 1 fully saturated rings. The lowest BCUT2D eigenvalue weighted by atomic mass is 10.1. The molecule has 33 heavy (non-hydrogen) atoms. The molecular formula is C23H21F5N4O. The van der Waals surface area contributed by atoms with Gasteiger partial charge >= 0.3 is 6.18 Å². The maximum absolute atomic E-state index is 14.7. The fraction of sp³-hybridized carbons (Fsp3) is 0.304. The summed E-state index contributed by atoms with van der Waals surface area (Å²) in [5, 5.41) is 9.82. The van der Waals surface area contributed by atoms with Crippen molar-refractivity contribution in [2.75, 3.05) is 18.4 Å². The lowest BCUT2D eigenvalue weighted by molar-refractivity contribution is -0.137. The summed E-state index contributed by atoms with van der Waals surface area (Å²) in [6.45, 7) is 1.65. The van der Waals surface area contributed by atoms with E-state index in [0.29, 0.717) is 0 Å². The number of benzene rings is 2. The van der Waals surface area contributed by atoms with Crippen molar-refractivity contribution in [3.8, 4) is 11.1 Å². The average Bonchev–Trinajstić information content (AvgIpc) is 3.23. The number of nitrogens with zero attached hydrogens (tertiary/aromatic N) is 2. The van der Waals surface area contributed by atoms with E-state index in [9.17, 15) is 26.7 Å². The van der Waals surface area contributed by atoms with Gasteiger partial charge in [-0.05, 0) is 43.1 Å². The maximum Gasteiger partial charge on any atom is 0.416 e. The summed E-state index contributed by atoms with van der Waals surface area (Å²) in [7, 11) is 0. The number of hydrogen-bond donors (Lipinski definition) is 2. The normalized spacial score (nSPS) is 16.6. The predicted octanol–water partition coefficient (Wildman–Crippen LogP) is 4.95. The standard InChI is InChI=1S/C23H21F5N4O/c24-19-9-17(31-21(33)8-14-3-1-4-16(7-14)23(26,27)28)10-20(25)22(19)15-11-30-32(13-15)18-5-2-6-29-12-18/h1,3-4,7,9-11,13,18,29H,2,5-6,8,12H2,(H,31,33). The van der Waals surface area contributed by atoms with E-state index in [4.69, 9.17) is 0 Å². The maximum atomic E-state index is 14.7. The van der Waals surface area contributed by atoms with Gasteiger partial charge < -0.3 is 10.6 Å². The molecule has 3 aromatic rings. The molecule has 5 nitrogen and oxygen atoms in total. The van der Waals surface area contributed by atoms with Crippen molar-refractivity contribution in [3.63, 3.8) is 0 Å². The van der Waals surface area contributed by atoms with Gasteiger partial charge in [0.05, 0.1) is 29.8 Å². The molecule has 0 aliphatic carbocycles. The molecule has 1 atom stereocenters. The van der Waals surface area contributed by atoms with Gasteiger partial charge in [-0.3, -0.25) is 9.48 Å². The van der Waals surface area contributed by atoms with Crippen LogP contribution in [0.2, 0.25) is 0 Å². The molecule has 0 spiro atoms. The van der Waals surface area contributed by atoms with E-state index < -0.39 is 29.3 Å². The second-order valence-corrected chi connectivity index (χ2v) is 7.95. The second-order valence-electron chi connectivity index (χ2n) is 7.95. The van der Waals surface area contributed by atoms with Crippen LogP contribution >= 0.6 is 0 Å². The van der Waals surface area contributed by atoms with Crippen molar-refractivity contribution in [3.05, 3.63) is 71.6 Å². The van der Waals surface area contributed by atoms with Gasteiger partial charge in [0.2, 0.25) is 5.91 Å². The van der Waals surface area contributed by atoms with Gasteiger partial charge in [0, 0.05) is 24.0 Å². The van der Waals surface area contributed by atoms with Crippen molar-refractivity contribution >= 4 is 11.6 Å². The van der Waals surface area contributed by atoms with E-state index in [-0.39, 0.29) is 34.8 Å². The van der Waals surface area contributed by atoms with Gasteiger partial charge in [0.1, 0.15) is 11.6 Å². The van der Waals surface area contributed by atoms with Crippen LogP contribution in [0.1, 0.15) is 30.0 Å². The minimum absolute atomic E-state index is 0.105. The molecule has 0 radical (unpaired) electrons. The highest BCUT2D eigenvalue weighted by atomic mass is 19.4. The van der Waals surface area contributed by atoms with Gasteiger partial charge in [-0.15, -0.1) is 0 Å². The minimum atomic E-state index is -4.53. The third-order valence-corrected chi connectivity index (χ3v) is 5.48. The zero-order chi connectivity index (χ0) is 23.6. The molecule has 1 aromatic heterocycles. The van der Waals surface area contributed by atoms with Crippen LogP contribution in [0.25, 0.3) is 11.1 Å². The van der Waals surface area contributed by atoms with Crippen LogP contribution in [0, 0.1) is 11.6 Å². The first kappa shape index (κ1) is 22.9. The topological polar surface area (TPSA) is 59.0 Å². The van der Waals surface area contributed by atoms with Crippen LogP contribution in [0.5, 0.6) is 0 Å². The zero-order valence-electron chi connectivity index (χ0n) is 17.4. The Labute approximate surface area is 186 Å². The van der Waals surface area contributed by atoms with E-state index in [2.05, 4.69) is 15.7 Å². The van der Waals surface area contributed by atoms with Crippen molar-refractivity contribution in [1.82, 2.24) is 15.1 Å². The first-order chi connectivity index (χ1) is 15.7. The van der Waals surface area contributed by atoms with Crippen molar-refractivity contribution in [1.29, 1.82) is 0 Å². The average molecular weight is 464 g/mol. The third-order valence-electron chi connectivity index (χ3n) is 5.48. The van der Waals surface area contributed by atoms with Crippen molar-refractivity contribution in [2.45, 2.75) is 31.5 Å². The first-order valence-corrected chi connectivity index (χ1v) is 10.4. The van der Waals surface area contributed by atoms with Gasteiger partial charge in [-0.25, -0.2) is 8.78 Å². The Bertz CT molecular complexity index is 1130. The monoisotopic (exact) mass is 464 g/mol. The molecule has 2 N–H and O–H groups in total. The summed E-state index contributed by atoms with van der Waals surface area (Å²) in [5.74, 6) is -2.46. The van der Waals surface area contributed by atoms with E-state index >= 15 is 0 Å². The van der Waals surface area contributed by atoms with E-state index in [1.807, 2.05) is 0 Å². The fourth-order valence-corrected chi connectivity index (χ4v) is 3.90. The predicted molar refractivity (Wildman–Crippen MR) is 112 cm³/mol. The molecule has 1 aliphatic rings. The number of hydrogen-bond acceptors (Lipinski definition) is 3. The first-order valence-electron chi connectivity index (χ1n) is 10.4. The summed E-state index contributed by atoms with van der Waals surface area (Å²) in [6.07, 6.45) is -0.0343. The number of rotatable bonds is 5. The number of aromatic nitrogens is 2. The largest absolute Gasteiger partial charge is 0.416 e. The smallest absolute Gasteiger partial charge is 0.326 e. The Hall–Kier alpha value is -3.27. The van der Waals surface area contributed by atoms with Gasteiger partial charge in [-0.2, -0.15) is 18.3 Å². The molecule has 1 saturated heterocycles. The molecule has 4 rings (SSSR count). The highest BCUT2D eigenvalue weighted by Gasteiger charge is 2.30. The number of amides is 1. The van der Waals surface area contributed by atoms with Crippen LogP contribution < -0.4 is 10.6 Å². The Morgan fingerprint density at radius 1 is 1.18 bits per heavy atom. The van der Waals surface area contributed by atoms with Crippen LogP contribution in [0.4, 0.5) is 27.6 Å². The zero-order valence-corrected chi connectivity index (χ0v) is 17.4. The molecule has 10 heteroatoms. The summed E-state index contributed by atoms with van der Waals surface area (Å²) >= 11 is 0. The molecule has 0 bridgehead atoms. The lowest BCUT2D eigenvalue weighted by Crippen LogP contribution is -2.31. The third kappa shape index (κ3) is 5.39. The molecule has 2 heterocycles. The Kier molecular flexibility index (Phi) is 6.46. The Morgan fingerprint density at radius 3 is 2.61 bits per heavy atom. The highest BCUT2D eigenvalue weighted by Crippen LogP contribution is 2.31. The van der Waals surface area contributed by atoms with Crippen molar-refractivity contribution in [2.24, 2.45) is 0 Å². The minimum Gasteiger partial charge on any atom is -0.326 e. The number of alkyl halides is 3. The van der Waals surface area contributed by atoms with Crippen LogP contribution in [0.15, 0.2) is 48.8 Å². The Morgan fingerprint density at radius 2 is 1.94 bits per heavy atom. The molecule has 2 aromatic carbocycles. The number of carbonyl (C=O) groups is 1. The fourth-order valence-electron chi connectivity index (χ4n) is 3.90. The van der Waals surface area contributed by atoms with Crippen molar-refractivity contribution < 1.29 is 26.7 Å². The molecular weight excluding hydrogens is 443 g/mol. The van der Waals surface area contributed by atoms with Crippen LogP contribution in [0.3, 0.4) is 0 Å². The highest BCUT2D eigenvalue weighted by molar-refractivity contribution is 5.92. The Balaban J connectivity index is 1.47. The lowest BCUT2D eigenvalue weighted by Gasteiger charge is -2.22. The number of carbonyl (C=O) groups excluding carboxylic acids is 1. The summed E-state index contributed by atoms with van der Waals surface area (Å²) < 4.78 is 69.7. The van der Waals surface area contributed by atoms with Crippen LogP contribution in [-0.4, -0.2) is 28.8 Å².